The topological polar surface area (TPSA) is 98.2 Å². The second-order valence-electron chi connectivity index (χ2n) is 4.39. The summed E-state index contributed by atoms with van der Waals surface area (Å²) >= 11 is 1.43. The first-order valence-corrected chi connectivity index (χ1v) is 7.03. The highest BCUT2D eigenvalue weighted by molar-refractivity contribution is 7.99. The number of nitrogens with one attached hydrogen (secondary N) is 1. The van der Waals surface area contributed by atoms with Crippen molar-refractivity contribution in [2.75, 3.05) is 11.1 Å². The molecule has 0 saturated carbocycles. The van der Waals surface area contributed by atoms with E-state index in [1.807, 2.05) is 18.2 Å². The number of anilines is 2. The lowest BCUT2D eigenvalue weighted by Gasteiger charge is -2.09. The maximum atomic E-state index is 11.3. The van der Waals surface area contributed by atoms with E-state index >= 15 is 0 Å². The Balaban J connectivity index is 2.20. The van der Waals surface area contributed by atoms with Gasteiger partial charge in [-0.05, 0) is 36.4 Å². The van der Waals surface area contributed by atoms with Gasteiger partial charge in [0.2, 0.25) is 5.91 Å². The molecule has 2 amide bonds. The molecular formula is C15H15N3O2S. The van der Waals surface area contributed by atoms with Crippen LogP contribution in [0.4, 0.5) is 11.4 Å². The smallest absolute Gasteiger partial charge is 0.250 e. The fraction of sp³-hybridized carbons (Fsp3) is 0.0667. The summed E-state index contributed by atoms with van der Waals surface area (Å²) in [5.41, 5.74) is 12.6. The predicted octanol–water partition coefficient (Wildman–Crippen LogP) is 2.48. The minimum Gasteiger partial charge on any atom is -0.397 e. The maximum absolute atomic E-state index is 11.3. The minimum atomic E-state index is -0.545. The largest absolute Gasteiger partial charge is 0.397 e. The number of hydrogen-bond donors (Lipinski definition) is 3. The molecule has 0 aromatic heterocycles. The van der Waals surface area contributed by atoms with E-state index in [0.29, 0.717) is 11.3 Å². The van der Waals surface area contributed by atoms with E-state index in [4.69, 9.17) is 11.5 Å². The van der Waals surface area contributed by atoms with Gasteiger partial charge in [-0.25, -0.2) is 0 Å². The highest BCUT2D eigenvalue weighted by atomic mass is 32.2. The van der Waals surface area contributed by atoms with E-state index in [-0.39, 0.29) is 5.91 Å². The first-order chi connectivity index (χ1) is 9.97. The Morgan fingerprint density at radius 2 is 1.76 bits per heavy atom. The molecule has 0 bridgehead atoms. The van der Waals surface area contributed by atoms with E-state index in [9.17, 15) is 9.59 Å². The molecule has 108 valence electrons. The van der Waals surface area contributed by atoms with Crippen LogP contribution in [0.2, 0.25) is 0 Å². The van der Waals surface area contributed by atoms with Crippen molar-refractivity contribution in [3.05, 3.63) is 48.0 Å². The zero-order chi connectivity index (χ0) is 15.4. The summed E-state index contributed by atoms with van der Waals surface area (Å²) in [6.45, 7) is 1.46. The van der Waals surface area contributed by atoms with Crippen LogP contribution < -0.4 is 16.8 Å². The quantitative estimate of drug-likeness (QED) is 0.755. The molecule has 2 rings (SSSR count). The second kappa shape index (κ2) is 6.32. The number of carbonyl (C=O) groups excluding carboxylic acids is 2. The monoisotopic (exact) mass is 301 g/mol. The van der Waals surface area contributed by atoms with Gasteiger partial charge in [0.1, 0.15) is 0 Å². The maximum Gasteiger partial charge on any atom is 0.250 e. The van der Waals surface area contributed by atoms with E-state index in [1.54, 1.807) is 24.3 Å². The summed E-state index contributed by atoms with van der Waals surface area (Å²) in [4.78, 5) is 23.9. The van der Waals surface area contributed by atoms with Crippen molar-refractivity contribution in [2.24, 2.45) is 5.73 Å². The molecule has 2 aromatic rings. The zero-order valence-corrected chi connectivity index (χ0v) is 12.2. The molecule has 21 heavy (non-hydrogen) atoms. The Hall–Kier alpha value is -2.47. The standard InChI is InChI=1S/C15H15N3O2S/c1-9(19)18-10-5-7-11(8-6-10)21-13-4-2-3-12(14(13)16)15(17)20/h2-8H,16H2,1H3,(H2,17,20)(H,18,19). The zero-order valence-electron chi connectivity index (χ0n) is 11.4. The summed E-state index contributed by atoms with van der Waals surface area (Å²) in [7, 11) is 0. The number of nitrogens with two attached hydrogens (primary N) is 2. The van der Waals surface area contributed by atoms with Crippen LogP contribution in [0, 0.1) is 0 Å². The van der Waals surface area contributed by atoms with Crippen LogP contribution in [0.1, 0.15) is 17.3 Å². The van der Waals surface area contributed by atoms with Gasteiger partial charge in [0.25, 0.3) is 5.91 Å². The van der Waals surface area contributed by atoms with Gasteiger partial charge in [0, 0.05) is 22.4 Å². The Morgan fingerprint density at radius 1 is 1.10 bits per heavy atom. The van der Waals surface area contributed by atoms with Crippen LogP contribution in [-0.2, 0) is 4.79 Å². The van der Waals surface area contributed by atoms with E-state index in [0.717, 1.165) is 15.5 Å². The summed E-state index contributed by atoms with van der Waals surface area (Å²) in [5.74, 6) is -0.662. The van der Waals surface area contributed by atoms with Gasteiger partial charge in [0.15, 0.2) is 0 Å². The number of hydrogen-bond acceptors (Lipinski definition) is 4. The summed E-state index contributed by atoms with van der Waals surface area (Å²) < 4.78 is 0. The highest BCUT2D eigenvalue weighted by Crippen LogP contribution is 2.34. The molecule has 0 radical (unpaired) electrons. The number of benzene rings is 2. The van der Waals surface area contributed by atoms with Crippen LogP contribution >= 0.6 is 11.8 Å². The van der Waals surface area contributed by atoms with E-state index in [1.165, 1.54) is 18.7 Å². The first-order valence-electron chi connectivity index (χ1n) is 6.21. The third-order valence-corrected chi connectivity index (χ3v) is 3.82. The first kappa shape index (κ1) is 14.9. The van der Waals surface area contributed by atoms with E-state index in [2.05, 4.69) is 5.32 Å². The van der Waals surface area contributed by atoms with Crippen LogP contribution in [0.15, 0.2) is 52.3 Å². The van der Waals surface area contributed by atoms with Crippen molar-refractivity contribution < 1.29 is 9.59 Å². The Kier molecular flexibility index (Phi) is 4.49. The molecule has 2 aromatic carbocycles. The minimum absolute atomic E-state index is 0.117. The summed E-state index contributed by atoms with van der Waals surface area (Å²) in [6, 6.07) is 12.5. The Morgan fingerprint density at radius 3 is 2.33 bits per heavy atom. The van der Waals surface area contributed by atoms with Crippen LogP contribution in [-0.4, -0.2) is 11.8 Å². The lowest BCUT2D eigenvalue weighted by atomic mass is 10.2. The van der Waals surface area contributed by atoms with Gasteiger partial charge < -0.3 is 16.8 Å². The molecular weight excluding hydrogens is 286 g/mol. The molecule has 0 unspecified atom stereocenters. The summed E-state index contributed by atoms with van der Waals surface area (Å²) in [6.07, 6.45) is 0. The second-order valence-corrected chi connectivity index (χ2v) is 5.50. The molecule has 0 aliphatic heterocycles. The van der Waals surface area contributed by atoms with Gasteiger partial charge in [-0.1, -0.05) is 17.8 Å². The third-order valence-electron chi connectivity index (χ3n) is 2.73. The lowest BCUT2D eigenvalue weighted by Crippen LogP contribution is -2.13. The molecule has 0 atom stereocenters. The van der Waals surface area contributed by atoms with Crippen molar-refractivity contribution in [1.29, 1.82) is 0 Å². The van der Waals surface area contributed by atoms with Gasteiger partial charge >= 0.3 is 0 Å². The number of primary amides is 1. The van der Waals surface area contributed by atoms with Gasteiger partial charge in [0.05, 0.1) is 11.3 Å². The molecule has 0 spiro atoms. The molecule has 5 nitrogen and oxygen atoms in total. The molecule has 0 heterocycles. The number of amides is 2. The van der Waals surface area contributed by atoms with Crippen LogP contribution in [0.3, 0.4) is 0 Å². The third kappa shape index (κ3) is 3.76. The Labute approximate surface area is 126 Å². The average molecular weight is 301 g/mol. The van der Waals surface area contributed by atoms with Crippen LogP contribution in [0.5, 0.6) is 0 Å². The van der Waals surface area contributed by atoms with Crippen molar-refractivity contribution in [3.63, 3.8) is 0 Å². The van der Waals surface area contributed by atoms with Crippen molar-refractivity contribution in [2.45, 2.75) is 16.7 Å². The molecule has 0 aliphatic carbocycles. The number of para-hydroxylation sites is 1. The normalized spacial score (nSPS) is 10.1. The Bertz CT molecular complexity index is 684. The number of nitrogen functional groups attached to an aromatic ring is 1. The fourth-order valence-electron chi connectivity index (χ4n) is 1.78. The van der Waals surface area contributed by atoms with Crippen molar-refractivity contribution in [3.8, 4) is 0 Å². The lowest BCUT2D eigenvalue weighted by molar-refractivity contribution is -0.114. The molecule has 0 fully saturated rings. The SMILES string of the molecule is CC(=O)Nc1ccc(Sc2cccc(C(N)=O)c2N)cc1. The molecule has 0 saturated heterocycles. The predicted molar refractivity (Wildman–Crippen MR) is 84.2 cm³/mol. The van der Waals surface area contributed by atoms with Crippen molar-refractivity contribution in [1.82, 2.24) is 0 Å². The fourth-order valence-corrected chi connectivity index (χ4v) is 2.68. The van der Waals surface area contributed by atoms with Crippen LogP contribution in [0.25, 0.3) is 0 Å². The number of carbonyl (C=O) groups is 2. The summed E-state index contributed by atoms with van der Waals surface area (Å²) in [5, 5.41) is 2.70. The van der Waals surface area contributed by atoms with Gasteiger partial charge in [-0.15, -0.1) is 0 Å². The van der Waals surface area contributed by atoms with Gasteiger partial charge in [-0.2, -0.15) is 0 Å². The molecule has 5 N–H and O–H groups in total. The molecule has 0 aliphatic rings. The average Bonchev–Trinajstić information content (AvgIpc) is 2.42. The number of rotatable bonds is 4. The van der Waals surface area contributed by atoms with Gasteiger partial charge in [-0.3, -0.25) is 9.59 Å². The van der Waals surface area contributed by atoms with Crippen molar-refractivity contribution >= 4 is 35.0 Å². The van der Waals surface area contributed by atoms with E-state index < -0.39 is 5.91 Å². The highest BCUT2D eigenvalue weighted by Gasteiger charge is 2.10. The molecule has 6 heteroatoms.